The van der Waals surface area contributed by atoms with E-state index in [0.29, 0.717) is 30.5 Å². The van der Waals surface area contributed by atoms with Crippen LogP contribution in [0.1, 0.15) is 0 Å². The van der Waals surface area contributed by atoms with Crippen molar-refractivity contribution in [3.05, 3.63) is 23.1 Å². The molecule has 2 heterocycles. The minimum absolute atomic E-state index is 0.300. The highest BCUT2D eigenvalue weighted by Gasteiger charge is 2.20. The normalized spacial score (nSPS) is 16.9. The van der Waals surface area contributed by atoms with Gasteiger partial charge in [0.1, 0.15) is 0 Å². The Bertz CT molecular complexity index is 438. The molecule has 6 heteroatoms. The van der Waals surface area contributed by atoms with Crippen molar-refractivity contribution in [1.29, 1.82) is 5.26 Å². The highest BCUT2D eigenvalue weighted by Crippen LogP contribution is 2.20. The average Bonchev–Trinajstić information content (AvgIpc) is 2.31. The second-order valence-electron chi connectivity index (χ2n) is 3.88. The molecule has 1 fully saturated rings. The van der Waals surface area contributed by atoms with Crippen LogP contribution in [0.2, 0.25) is 5.02 Å². The molecule has 17 heavy (non-hydrogen) atoms. The van der Waals surface area contributed by atoms with E-state index < -0.39 is 5.82 Å². The third kappa shape index (κ3) is 2.84. The lowest BCUT2D eigenvalue weighted by Crippen LogP contribution is -2.47. The minimum Gasteiger partial charge on any atom is -0.352 e. The summed E-state index contributed by atoms with van der Waals surface area (Å²) in [6.45, 7) is 3.26. The summed E-state index contributed by atoms with van der Waals surface area (Å²) in [5, 5.41) is 8.88. The minimum atomic E-state index is -0.397. The van der Waals surface area contributed by atoms with E-state index in [9.17, 15) is 4.39 Å². The van der Waals surface area contributed by atoms with Gasteiger partial charge in [0.15, 0.2) is 11.6 Å². The Balaban J connectivity index is 2.03. The molecule has 4 nitrogen and oxygen atoms in total. The summed E-state index contributed by atoms with van der Waals surface area (Å²) in [5.74, 6) is -0.0581. The van der Waals surface area contributed by atoms with Crippen LogP contribution < -0.4 is 4.90 Å². The first kappa shape index (κ1) is 12.1. The molecule has 0 N–H and O–H groups in total. The Labute approximate surface area is 104 Å². The van der Waals surface area contributed by atoms with E-state index in [1.165, 1.54) is 12.3 Å². The zero-order valence-electron chi connectivity index (χ0n) is 9.24. The Kier molecular flexibility index (Phi) is 3.77. The number of pyridine rings is 1. The Hall–Kier alpha value is -1.38. The third-order valence-electron chi connectivity index (χ3n) is 2.75. The number of hydrogen-bond donors (Lipinski definition) is 0. The van der Waals surface area contributed by atoms with E-state index in [2.05, 4.69) is 11.1 Å². The highest BCUT2D eigenvalue weighted by atomic mass is 35.5. The van der Waals surface area contributed by atoms with Crippen molar-refractivity contribution >= 4 is 17.4 Å². The first-order chi connectivity index (χ1) is 8.20. The van der Waals surface area contributed by atoms with Crippen LogP contribution in [0.4, 0.5) is 10.2 Å². The molecule has 0 saturated carbocycles. The maximum absolute atomic E-state index is 13.6. The molecule has 0 amide bonds. The average molecular weight is 255 g/mol. The number of rotatable bonds is 2. The lowest BCUT2D eigenvalue weighted by atomic mass is 10.3. The topological polar surface area (TPSA) is 43.2 Å². The lowest BCUT2D eigenvalue weighted by molar-refractivity contribution is 0.285. The van der Waals surface area contributed by atoms with Crippen molar-refractivity contribution in [1.82, 2.24) is 9.88 Å². The summed E-state index contributed by atoms with van der Waals surface area (Å²) in [6, 6.07) is 3.38. The number of anilines is 1. The summed E-state index contributed by atoms with van der Waals surface area (Å²) < 4.78 is 13.6. The van der Waals surface area contributed by atoms with E-state index in [4.69, 9.17) is 16.9 Å². The van der Waals surface area contributed by atoms with Gasteiger partial charge < -0.3 is 4.90 Å². The molecule has 2 rings (SSSR count). The summed E-state index contributed by atoms with van der Waals surface area (Å²) >= 11 is 5.65. The van der Waals surface area contributed by atoms with Crippen LogP contribution in [0.5, 0.6) is 0 Å². The lowest BCUT2D eigenvalue weighted by Gasteiger charge is -2.34. The number of nitrogens with zero attached hydrogens (tertiary/aromatic N) is 4. The fraction of sp³-hybridized carbons (Fsp3) is 0.455. The largest absolute Gasteiger partial charge is 0.352 e. The van der Waals surface area contributed by atoms with Crippen LogP contribution in [-0.2, 0) is 0 Å². The predicted molar refractivity (Wildman–Crippen MR) is 63.5 cm³/mol. The molecule has 1 aromatic rings. The van der Waals surface area contributed by atoms with E-state index in [-0.39, 0.29) is 0 Å². The number of hydrogen-bond acceptors (Lipinski definition) is 4. The molecule has 90 valence electrons. The quantitative estimate of drug-likeness (QED) is 0.751. The highest BCUT2D eigenvalue weighted by molar-refractivity contribution is 6.30. The second kappa shape index (κ2) is 5.30. The Morgan fingerprint density at radius 3 is 2.71 bits per heavy atom. The zero-order valence-corrected chi connectivity index (χ0v) is 9.99. The molecule has 0 radical (unpaired) electrons. The molecule has 1 aromatic heterocycles. The van der Waals surface area contributed by atoms with Crippen LogP contribution in [0.25, 0.3) is 0 Å². The summed E-state index contributed by atoms with van der Waals surface area (Å²) in [4.78, 5) is 7.91. The number of aromatic nitrogens is 1. The van der Waals surface area contributed by atoms with Gasteiger partial charge >= 0.3 is 0 Å². The molecule has 0 unspecified atom stereocenters. The van der Waals surface area contributed by atoms with Gasteiger partial charge in [-0.3, -0.25) is 4.90 Å². The van der Waals surface area contributed by atoms with E-state index in [1.54, 1.807) is 0 Å². The van der Waals surface area contributed by atoms with Crippen molar-refractivity contribution in [2.45, 2.75) is 0 Å². The molecule has 1 aliphatic rings. The van der Waals surface area contributed by atoms with E-state index >= 15 is 0 Å². The molecule has 0 aromatic carbocycles. The van der Waals surface area contributed by atoms with Crippen LogP contribution in [0.15, 0.2) is 12.3 Å². The summed E-state index contributed by atoms with van der Waals surface area (Å²) in [5.41, 5.74) is 0. The third-order valence-corrected chi connectivity index (χ3v) is 2.96. The smallest absolute Gasteiger partial charge is 0.167 e. The van der Waals surface area contributed by atoms with Crippen LogP contribution >= 0.6 is 11.6 Å². The van der Waals surface area contributed by atoms with Gasteiger partial charge in [-0.05, 0) is 6.07 Å². The monoisotopic (exact) mass is 254 g/mol. The molecule has 0 bridgehead atoms. The van der Waals surface area contributed by atoms with Crippen LogP contribution in [0.3, 0.4) is 0 Å². The molecular formula is C11H12ClFN4. The van der Waals surface area contributed by atoms with Gasteiger partial charge in [0, 0.05) is 32.4 Å². The van der Waals surface area contributed by atoms with Gasteiger partial charge in [0.2, 0.25) is 0 Å². The van der Waals surface area contributed by atoms with E-state index in [1.807, 2.05) is 9.80 Å². The van der Waals surface area contributed by atoms with E-state index in [0.717, 1.165) is 13.1 Å². The fourth-order valence-corrected chi connectivity index (χ4v) is 2.00. The first-order valence-electron chi connectivity index (χ1n) is 5.36. The maximum atomic E-state index is 13.6. The second-order valence-corrected chi connectivity index (χ2v) is 4.32. The zero-order chi connectivity index (χ0) is 12.3. The van der Waals surface area contributed by atoms with Gasteiger partial charge in [-0.2, -0.15) is 5.26 Å². The number of nitriles is 1. The molecule has 0 spiro atoms. The van der Waals surface area contributed by atoms with Gasteiger partial charge in [-0.1, -0.05) is 11.6 Å². The fourth-order valence-electron chi connectivity index (χ4n) is 1.86. The molecule has 1 saturated heterocycles. The standard InChI is InChI=1S/C11H12ClFN4/c12-9-7-10(13)11(15-8-9)17-5-3-16(2-1-14)4-6-17/h7-8H,2-6H2. The summed E-state index contributed by atoms with van der Waals surface area (Å²) in [6.07, 6.45) is 1.45. The maximum Gasteiger partial charge on any atom is 0.167 e. The molecule has 0 aliphatic carbocycles. The van der Waals surface area contributed by atoms with Gasteiger partial charge in [0.25, 0.3) is 0 Å². The van der Waals surface area contributed by atoms with Crippen molar-refractivity contribution in [2.24, 2.45) is 0 Å². The molecular weight excluding hydrogens is 243 g/mol. The summed E-state index contributed by atoms with van der Waals surface area (Å²) in [7, 11) is 0. The van der Waals surface area contributed by atoms with Crippen LogP contribution in [-0.4, -0.2) is 42.6 Å². The van der Waals surface area contributed by atoms with Gasteiger partial charge in [-0.25, -0.2) is 9.37 Å². The Morgan fingerprint density at radius 2 is 2.12 bits per heavy atom. The Morgan fingerprint density at radius 1 is 1.41 bits per heavy atom. The molecule has 0 atom stereocenters. The van der Waals surface area contributed by atoms with Gasteiger partial charge in [-0.15, -0.1) is 0 Å². The van der Waals surface area contributed by atoms with Crippen molar-refractivity contribution < 1.29 is 4.39 Å². The van der Waals surface area contributed by atoms with Crippen molar-refractivity contribution in [3.63, 3.8) is 0 Å². The first-order valence-corrected chi connectivity index (χ1v) is 5.74. The van der Waals surface area contributed by atoms with Crippen LogP contribution in [0, 0.1) is 17.1 Å². The SMILES string of the molecule is N#CCN1CCN(c2ncc(Cl)cc2F)CC1. The van der Waals surface area contributed by atoms with Crippen molar-refractivity contribution in [3.8, 4) is 6.07 Å². The number of piperazine rings is 1. The predicted octanol–water partition coefficient (Wildman–Crippen LogP) is 1.52. The van der Waals surface area contributed by atoms with Crippen molar-refractivity contribution in [2.75, 3.05) is 37.6 Å². The molecule has 1 aliphatic heterocycles. The number of halogens is 2. The van der Waals surface area contributed by atoms with Gasteiger partial charge in [0.05, 0.1) is 17.6 Å².